The second-order valence-corrected chi connectivity index (χ2v) is 7.64. The number of benzene rings is 1. The first kappa shape index (κ1) is 19.2. The van der Waals surface area contributed by atoms with E-state index in [1.54, 1.807) is 15.7 Å². The van der Waals surface area contributed by atoms with Crippen molar-refractivity contribution in [1.29, 1.82) is 0 Å². The monoisotopic (exact) mass is 384 g/mol. The summed E-state index contributed by atoms with van der Waals surface area (Å²) in [7, 11) is 0. The standard InChI is InChI=1S/C21H24N2O3S/c1-5-7-16-19(20(24)25)23-18(17(6-2)27-21(23)22-16)14-8-10-15(11-9-14)26-12-13(3)4/h8-11H,3,5-7,12H2,1-2,4H3,(H,24,25). The van der Waals surface area contributed by atoms with Crippen LogP contribution in [0.15, 0.2) is 36.4 Å². The third-order valence-corrected chi connectivity index (χ3v) is 5.43. The highest BCUT2D eigenvalue weighted by molar-refractivity contribution is 7.17. The Balaban J connectivity index is 2.12. The van der Waals surface area contributed by atoms with Crippen LogP contribution in [0, 0.1) is 0 Å². The van der Waals surface area contributed by atoms with Crippen LogP contribution in [0.3, 0.4) is 0 Å². The maximum absolute atomic E-state index is 12.0. The van der Waals surface area contributed by atoms with E-state index >= 15 is 0 Å². The fourth-order valence-corrected chi connectivity index (χ4v) is 4.18. The van der Waals surface area contributed by atoms with Crippen LogP contribution in [0.1, 0.15) is 48.3 Å². The second kappa shape index (κ2) is 7.96. The van der Waals surface area contributed by atoms with Crippen LogP contribution in [0.25, 0.3) is 16.2 Å². The first-order valence-corrected chi connectivity index (χ1v) is 9.91. The smallest absolute Gasteiger partial charge is 0.354 e. The number of carbonyl (C=O) groups is 1. The van der Waals surface area contributed by atoms with E-state index in [-0.39, 0.29) is 5.69 Å². The molecule has 2 heterocycles. The van der Waals surface area contributed by atoms with Crippen molar-refractivity contribution in [2.24, 2.45) is 0 Å². The predicted molar refractivity (Wildman–Crippen MR) is 109 cm³/mol. The van der Waals surface area contributed by atoms with Gasteiger partial charge in [0.05, 0.1) is 11.4 Å². The lowest BCUT2D eigenvalue weighted by Crippen LogP contribution is -2.06. The minimum absolute atomic E-state index is 0.278. The molecule has 142 valence electrons. The van der Waals surface area contributed by atoms with Gasteiger partial charge in [-0.25, -0.2) is 9.78 Å². The summed E-state index contributed by atoms with van der Waals surface area (Å²) in [4.78, 5) is 18.4. The van der Waals surface area contributed by atoms with Crippen LogP contribution < -0.4 is 4.74 Å². The lowest BCUT2D eigenvalue weighted by Gasteiger charge is -2.09. The number of fused-ring (bicyclic) bond motifs is 1. The van der Waals surface area contributed by atoms with E-state index in [0.29, 0.717) is 18.7 Å². The largest absolute Gasteiger partial charge is 0.489 e. The Hall–Kier alpha value is -2.60. The molecule has 0 saturated heterocycles. The maximum Gasteiger partial charge on any atom is 0.354 e. The van der Waals surface area contributed by atoms with Crippen LogP contribution >= 0.6 is 11.3 Å². The molecule has 3 rings (SSSR count). The molecule has 2 aromatic heterocycles. The minimum atomic E-state index is -0.936. The van der Waals surface area contributed by atoms with Crippen LogP contribution in [0.2, 0.25) is 0 Å². The number of nitrogens with zero attached hydrogens (tertiary/aromatic N) is 2. The zero-order valence-corrected chi connectivity index (χ0v) is 16.7. The first-order chi connectivity index (χ1) is 13.0. The molecule has 0 spiro atoms. The maximum atomic E-state index is 12.0. The van der Waals surface area contributed by atoms with Crippen LogP contribution in [-0.2, 0) is 12.8 Å². The van der Waals surface area contributed by atoms with Gasteiger partial charge in [0.15, 0.2) is 10.7 Å². The van der Waals surface area contributed by atoms with E-state index in [1.165, 1.54) is 0 Å². The minimum Gasteiger partial charge on any atom is -0.489 e. The van der Waals surface area contributed by atoms with Crippen molar-refractivity contribution in [3.8, 4) is 17.0 Å². The third kappa shape index (κ3) is 3.76. The molecule has 0 fully saturated rings. The van der Waals surface area contributed by atoms with Gasteiger partial charge in [-0.15, -0.1) is 11.3 Å². The Labute approximate surface area is 162 Å². The topological polar surface area (TPSA) is 63.8 Å². The van der Waals surface area contributed by atoms with Gasteiger partial charge in [0, 0.05) is 4.88 Å². The summed E-state index contributed by atoms with van der Waals surface area (Å²) in [5.41, 5.74) is 3.77. The number of carboxylic acid groups (broad SMARTS) is 1. The first-order valence-electron chi connectivity index (χ1n) is 9.10. The zero-order valence-electron chi connectivity index (χ0n) is 15.9. The summed E-state index contributed by atoms with van der Waals surface area (Å²) in [5.74, 6) is -0.170. The number of carboxylic acids is 1. The third-order valence-electron chi connectivity index (χ3n) is 4.24. The molecule has 0 aliphatic carbocycles. The molecule has 5 nitrogen and oxygen atoms in total. The molecule has 0 saturated carbocycles. The molecular weight excluding hydrogens is 360 g/mol. The Morgan fingerprint density at radius 2 is 2.00 bits per heavy atom. The zero-order chi connectivity index (χ0) is 19.6. The molecule has 0 radical (unpaired) electrons. The fourth-order valence-electron chi connectivity index (χ4n) is 3.08. The van der Waals surface area contributed by atoms with Crippen molar-refractivity contribution in [2.45, 2.75) is 40.0 Å². The highest BCUT2D eigenvalue weighted by atomic mass is 32.1. The number of hydrogen-bond acceptors (Lipinski definition) is 4. The van der Waals surface area contributed by atoms with E-state index < -0.39 is 5.97 Å². The van der Waals surface area contributed by atoms with Gasteiger partial charge in [0.2, 0.25) is 0 Å². The molecule has 0 atom stereocenters. The molecule has 6 heteroatoms. The summed E-state index contributed by atoms with van der Waals surface area (Å²) in [6.45, 7) is 10.3. The van der Waals surface area contributed by atoms with Crippen LogP contribution in [0.5, 0.6) is 5.75 Å². The Morgan fingerprint density at radius 1 is 1.30 bits per heavy atom. The number of imidazole rings is 1. The lowest BCUT2D eigenvalue weighted by atomic mass is 10.1. The summed E-state index contributed by atoms with van der Waals surface area (Å²) in [5, 5.41) is 9.81. The lowest BCUT2D eigenvalue weighted by molar-refractivity contribution is 0.0688. The molecule has 3 aromatic rings. The predicted octanol–water partition coefficient (Wildman–Crippen LogP) is 5.23. The average Bonchev–Trinajstić information content (AvgIpc) is 3.15. The van der Waals surface area contributed by atoms with Gasteiger partial charge in [-0.3, -0.25) is 4.40 Å². The molecule has 0 amide bonds. The van der Waals surface area contributed by atoms with Gasteiger partial charge in [0.25, 0.3) is 0 Å². The van der Waals surface area contributed by atoms with Crippen molar-refractivity contribution in [1.82, 2.24) is 9.38 Å². The molecule has 27 heavy (non-hydrogen) atoms. The van der Waals surface area contributed by atoms with Gasteiger partial charge < -0.3 is 9.84 Å². The highest BCUT2D eigenvalue weighted by Gasteiger charge is 2.24. The molecule has 0 aliphatic heterocycles. The van der Waals surface area contributed by atoms with Gasteiger partial charge in [0.1, 0.15) is 12.4 Å². The van der Waals surface area contributed by atoms with E-state index in [9.17, 15) is 9.90 Å². The van der Waals surface area contributed by atoms with E-state index in [4.69, 9.17) is 4.74 Å². The van der Waals surface area contributed by atoms with Gasteiger partial charge >= 0.3 is 5.97 Å². The molecular formula is C21H24N2O3S. The molecule has 1 N–H and O–H groups in total. The SMILES string of the molecule is C=C(C)COc1ccc(-c2c(CC)sc3nc(CCC)c(C(=O)O)n23)cc1. The summed E-state index contributed by atoms with van der Waals surface area (Å²) >= 11 is 1.56. The summed E-state index contributed by atoms with van der Waals surface area (Å²) < 4.78 is 7.48. The highest BCUT2D eigenvalue weighted by Crippen LogP contribution is 2.35. The van der Waals surface area contributed by atoms with Crippen molar-refractivity contribution in [2.75, 3.05) is 6.61 Å². The summed E-state index contributed by atoms with van der Waals surface area (Å²) in [6.07, 6.45) is 2.33. The van der Waals surface area contributed by atoms with Gasteiger partial charge in [-0.1, -0.05) is 26.8 Å². The Morgan fingerprint density at radius 3 is 2.56 bits per heavy atom. The van der Waals surface area contributed by atoms with E-state index in [0.717, 1.165) is 45.3 Å². The number of aryl methyl sites for hydroxylation is 2. The number of hydrogen-bond donors (Lipinski definition) is 1. The molecule has 1 aromatic carbocycles. The second-order valence-electron chi connectivity index (χ2n) is 6.58. The molecule has 0 unspecified atom stereocenters. The number of aromatic carboxylic acids is 1. The van der Waals surface area contributed by atoms with Crippen molar-refractivity contribution >= 4 is 22.3 Å². The fraction of sp³-hybridized carbons (Fsp3) is 0.333. The van der Waals surface area contributed by atoms with Crippen LogP contribution in [-0.4, -0.2) is 27.1 Å². The Kier molecular flexibility index (Phi) is 5.65. The van der Waals surface area contributed by atoms with E-state index in [1.807, 2.05) is 38.1 Å². The van der Waals surface area contributed by atoms with Crippen molar-refractivity contribution in [3.05, 3.63) is 52.7 Å². The molecule has 0 aliphatic rings. The quantitative estimate of drug-likeness (QED) is 0.540. The van der Waals surface area contributed by atoms with Crippen molar-refractivity contribution < 1.29 is 14.6 Å². The number of rotatable bonds is 8. The van der Waals surface area contributed by atoms with E-state index in [2.05, 4.69) is 18.5 Å². The number of ether oxygens (including phenoxy) is 1. The van der Waals surface area contributed by atoms with Gasteiger partial charge in [-0.2, -0.15) is 0 Å². The summed E-state index contributed by atoms with van der Waals surface area (Å²) in [6, 6.07) is 7.76. The average molecular weight is 385 g/mol. The normalized spacial score (nSPS) is 11.1. The van der Waals surface area contributed by atoms with Gasteiger partial charge in [-0.05, 0) is 55.2 Å². The van der Waals surface area contributed by atoms with Crippen molar-refractivity contribution in [3.63, 3.8) is 0 Å². The van der Waals surface area contributed by atoms with Crippen LogP contribution in [0.4, 0.5) is 0 Å². The number of aromatic nitrogens is 2. The number of thiazole rings is 1. The molecule has 0 bridgehead atoms. The Bertz CT molecular complexity index is 983.